The van der Waals surface area contributed by atoms with Gasteiger partial charge < -0.3 is 15.8 Å². The normalized spacial score (nSPS) is 12.8. The van der Waals surface area contributed by atoms with E-state index in [0.717, 1.165) is 5.01 Å². The van der Waals surface area contributed by atoms with Crippen LogP contribution in [0.5, 0.6) is 0 Å². The molecular formula is C11H19N3O2S. The largest absolute Gasteiger partial charge is 0.377 e. The molecule has 0 aliphatic rings. The highest BCUT2D eigenvalue weighted by Crippen LogP contribution is 2.15. The number of carbonyl (C=O) groups is 1. The van der Waals surface area contributed by atoms with Crippen LogP contribution in [0.4, 0.5) is 0 Å². The molecule has 0 aromatic carbocycles. The van der Waals surface area contributed by atoms with Crippen LogP contribution in [-0.2, 0) is 4.74 Å². The van der Waals surface area contributed by atoms with E-state index in [1.807, 2.05) is 20.8 Å². The molecular weight excluding hydrogens is 238 g/mol. The van der Waals surface area contributed by atoms with Gasteiger partial charge in [-0.05, 0) is 20.8 Å². The molecule has 0 radical (unpaired) electrons. The maximum Gasteiger partial charge on any atom is 0.270 e. The molecule has 96 valence electrons. The van der Waals surface area contributed by atoms with Crippen LogP contribution in [0.1, 0.15) is 42.3 Å². The van der Waals surface area contributed by atoms with E-state index in [2.05, 4.69) is 10.3 Å². The van der Waals surface area contributed by atoms with Crippen LogP contribution in [-0.4, -0.2) is 30.1 Å². The van der Waals surface area contributed by atoms with Crippen molar-refractivity contribution in [2.75, 3.05) is 13.2 Å². The van der Waals surface area contributed by atoms with Gasteiger partial charge in [0.05, 0.1) is 18.8 Å². The zero-order valence-corrected chi connectivity index (χ0v) is 11.2. The van der Waals surface area contributed by atoms with E-state index in [4.69, 9.17) is 10.5 Å². The Bertz CT molecular complexity index is 363. The number of ether oxygens (including phenoxy) is 1. The third kappa shape index (κ3) is 4.80. The lowest BCUT2D eigenvalue weighted by Crippen LogP contribution is -2.28. The van der Waals surface area contributed by atoms with Crippen LogP contribution >= 0.6 is 11.3 Å². The molecule has 0 spiro atoms. The number of rotatable bonds is 6. The molecule has 0 saturated carbocycles. The number of thiazole rings is 1. The van der Waals surface area contributed by atoms with Crippen molar-refractivity contribution < 1.29 is 9.53 Å². The molecule has 0 bridgehead atoms. The summed E-state index contributed by atoms with van der Waals surface area (Å²) in [7, 11) is 0. The first kappa shape index (κ1) is 14.1. The second-order valence-electron chi connectivity index (χ2n) is 4.04. The lowest BCUT2D eigenvalue weighted by atomic mass is 10.4. The predicted octanol–water partition coefficient (Wildman–Crippen LogP) is 1.32. The molecule has 1 rings (SSSR count). The quantitative estimate of drug-likeness (QED) is 0.753. The average molecular weight is 257 g/mol. The third-order valence-corrected chi connectivity index (χ3v) is 3.03. The Morgan fingerprint density at radius 2 is 2.29 bits per heavy atom. The van der Waals surface area contributed by atoms with Crippen molar-refractivity contribution in [1.29, 1.82) is 0 Å². The first-order valence-corrected chi connectivity index (χ1v) is 6.49. The monoisotopic (exact) mass is 257 g/mol. The molecule has 0 saturated heterocycles. The van der Waals surface area contributed by atoms with Crippen molar-refractivity contribution in [1.82, 2.24) is 10.3 Å². The summed E-state index contributed by atoms with van der Waals surface area (Å²) in [6, 6.07) is -0.133. The fourth-order valence-electron chi connectivity index (χ4n) is 1.15. The molecule has 0 aliphatic heterocycles. The fourth-order valence-corrected chi connectivity index (χ4v) is 1.91. The SMILES string of the molecule is CC(C)OCCNC(=O)c1csc(C(C)N)n1. The summed E-state index contributed by atoms with van der Waals surface area (Å²) < 4.78 is 5.32. The van der Waals surface area contributed by atoms with Crippen LogP contribution in [0.25, 0.3) is 0 Å². The van der Waals surface area contributed by atoms with Crippen molar-refractivity contribution in [2.45, 2.75) is 32.9 Å². The molecule has 1 amide bonds. The molecule has 1 aromatic rings. The Morgan fingerprint density at radius 1 is 1.59 bits per heavy atom. The van der Waals surface area contributed by atoms with E-state index >= 15 is 0 Å². The minimum absolute atomic E-state index is 0.133. The topological polar surface area (TPSA) is 77.2 Å². The van der Waals surface area contributed by atoms with Crippen LogP contribution < -0.4 is 11.1 Å². The molecule has 17 heavy (non-hydrogen) atoms. The maximum absolute atomic E-state index is 11.7. The van der Waals surface area contributed by atoms with Crippen molar-refractivity contribution in [3.8, 4) is 0 Å². The lowest BCUT2D eigenvalue weighted by molar-refractivity contribution is 0.0745. The highest BCUT2D eigenvalue weighted by molar-refractivity contribution is 7.09. The summed E-state index contributed by atoms with van der Waals surface area (Å²) in [6.45, 7) is 6.75. The Labute approximate surface area is 105 Å². The van der Waals surface area contributed by atoms with Crippen molar-refractivity contribution >= 4 is 17.2 Å². The Morgan fingerprint density at radius 3 is 2.82 bits per heavy atom. The van der Waals surface area contributed by atoms with Crippen LogP contribution in [0, 0.1) is 0 Å². The van der Waals surface area contributed by atoms with Gasteiger partial charge in [-0.1, -0.05) is 0 Å². The molecule has 1 unspecified atom stereocenters. The van der Waals surface area contributed by atoms with Gasteiger partial charge in [-0.3, -0.25) is 4.79 Å². The highest BCUT2D eigenvalue weighted by Gasteiger charge is 2.11. The molecule has 5 nitrogen and oxygen atoms in total. The molecule has 6 heteroatoms. The smallest absolute Gasteiger partial charge is 0.270 e. The van der Waals surface area contributed by atoms with Crippen molar-refractivity contribution in [3.05, 3.63) is 16.1 Å². The second-order valence-corrected chi connectivity index (χ2v) is 4.92. The zero-order chi connectivity index (χ0) is 12.8. The molecule has 1 heterocycles. The van der Waals surface area contributed by atoms with Gasteiger partial charge in [-0.15, -0.1) is 11.3 Å². The number of amides is 1. The van der Waals surface area contributed by atoms with Gasteiger partial charge >= 0.3 is 0 Å². The Balaban J connectivity index is 2.36. The van der Waals surface area contributed by atoms with Gasteiger partial charge in [0.2, 0.25) is 0 Å². The van der Waals surface area contributed by atoms with Crippen molar-refractivity contribution in [2.24, 2.45) is 5.73 Å². The van der Waals surface area contributed by atoms with Gasteiger partial charge in [0.1, 0.15) is 10.7 Å². The third-order valence-electron chi connectivity index (χ3n) is 1.98. The second kappa shape index (κ2) is 6.68. The summed E-state index contributed by atoms with van der Waals surface area (Å²) in [5.74, 6) is -0.180. The summed E-state index contributed by atoms with van der Waals surface area (Å²) in [5, 5.41) is 5.24. The standard InChI is InChI=1S/C11H19N3O2S/c1-7(2)16-5-4-13-10(15)9-6-17-11(14-9)8(3)12/h6-8H,4-5,12H2,1-3H3,(H,13,15). The number of carbonyl (C=O) groups excluding carboxylic acids is 1. The first-order chi connectivity index (χ1) is 8.00. The van der Waals surface area contributed by atoms with Gasteiger partial charge in [-0.2, -0.15) is 0 Å². The summed E-state index contributed by atoms with van der Waals surface area (Å²) in [6.07, 6.45) is 0.177. The van der Waals surface area contributed by atoms with E-state index in [1.54, 1.807) is 5.38 Å². The van der Waals surface area contributed by atoms with Crippen LogP contribution in [0.3, 0.4) is 0 Å². The van der Waals surface area contributed by atoms with E-state index in [1.165, 1.54) is 11.3 Å². The van der Waals surface area contributed by atoms with E-state index in [9.17, 15) is 4.79 Å². The molecule has 1 aromatic heterocycles. The number of nitrogens with two attached hydrogens (primary N) is 1. The molecule has 0 fully saturated rings. The minimum Gasteiger partial charge on any atom is -0.377 e. The molecule has 1 atom stereocenters. The van der Waals surface area contributed by atoms with Crippen LogP contribution in [0.2, 0.25) is 0 Å². The predicted molar refractivity (Wildman–Crippen MR) is 68.1 cm³/mol. The van der Waals surface area contributed by atoms with Gasteiger partial charge in [0.25, 0.3) is 5.91 Å². The summed E-state index contributed by atoms with van der Waals surface area (Å²) in [4.78, 5) is 15.8. The molecule has 3 N–H and O–H groups in total. The van der Waals surface area contributed by atoms with E-state index in [-0.39, 0.29) is 18.1 Å². The van der Waals surface area contributed by atoms with Crippen LogP contribution in [0.15, 0.2) is 5.38 Å². The summed E-state index contributed by atoms with van der Waals surface area (Å²) in [5.41, 5.74) is 6.10. The number of hydrogen-bond acceptors (Lipinski definition) is 5. The molecule has 0 aliphatic carbocycles. The lowest BCUT2D eigenvalue weighted by Gasteiger charge is -2.07. The summed E-state index contributed by atoms with van der Waals surface area (Å²) >= 11 is 1.40. The van der Waals surface area contributed by atoms with Gasteiger partial charge in [0.15, 0.2) is 0 Å². The Kier molecular flexibility index (Phi) is 5.54. The maximum atomic E-state index is 11.7. The van der Waals surface area contributed by atoms with E-state index < -0.39 is 0 Å². The van der Waals surface area contributed by atoms with Crippen molar-refractivity contribution in [3.63, 3.8) is 0 Å². The zero-order valence-electron chi connectivity index (χ0n) is 10.4. The number of nitrogens with one attached hydrogen (secondary N) is 1. The first-order valence-electron chi connectivity index (χ1n) is 5.61. The average Bonchev–Trinajstić information content (AvgIpc) is 2.73. The highest BCUT2D eigenvalue weighted by atomic mass is 32.1. The number of hydrogen-bond donors (Lipinski definition) is 2. The van der Waals surface area contributed by atoms with Gasteiger partial charge in [-0.25, -0.2) is 4.98 Å². The van der Waals surface area contributed by atoms with Gasteiger partial charge in [0, 0.05) is 11.9 Å². The minimum atomic E-state index is -0.180. The van der Waals surface area contributed by atoms with E-state index in [0.29, 0.717) is 18.8 Å². The number of nitrogens with zero attached hydrogens (tertiary/aromatic N) is 1. The number of aromatic nitrogens is 1. The fraction of sp³-hybridized carbons (Fsp3) is 0.636. The Hall–Kier alpha value is -0.980.